The van der Waals surface area contributed by atoms with E-state index in [9.17, 15) is 18.0 Å². The van der Waals surface area contributed by atoms with Crippen LogP contribution in [0.3, 0.4) is 0 Å². The Labute approximate surface area is 183 Å². The first-order valence-electron chi connectivity index (χ1n) is 8.95. The first kappa shape index (κ1) is 21.0. The van der Waals surface area contributed by atoms with Crippen molar-refractivity contribution >= 4 is 40.5 Å². The molecule has 0 spiro atoms. The zero-order valence-electron chi connectivity index (χ0n) is 15.6. The number of urea groups is 1. The van der Waals surface area contributed by atoms with Crippen molar-refractivity contribution in [2.75, 3.05) is 10.6 Å². The van der Waals surface area contributed by atoms with E-state index in [0.717, 1.165) is 0 Å². The lowest BCUT2D eigenvalue weighted by molar-refractivity contribution is -0.133. The summed E-state index contributed by atoms with van der Waals surface area (Å²) in [5.74, 6) is 0.171. The van der Waals surface area contributed by atoms with Crippen molar-refractivity contribution in [1.29, 1.82) is 0 Å². The monoisotopic (exact) mass is 462 g/mol. The Balaban J connectivity index is 1.55. The number of halogens is 4. The molecule has 0 saturated carbocycles. The summed E-state index contributed by atoms with van der Waals surface area (Å²) in [7, 11) is 0. The summed E-state index contributed by atoms with van der Waals surface area (Å²) in [4.78, 5) is 11.8. The average Bonchev–Trinajstić information content (AvgIpc) is 3.37. The molecule has 2 aromatic carbocycles. The predicted octanol–water partition coefficient (Wildman–Crippen LogP) is 7.12. The standard InChI is InChI=1S/C21H14ClF3N4OS/c22-13-6-8-14(9-7-13)26-20(30)27-18-11-16(28-29-18)17-10-15(12-4-2-1-3-5-12)19(31-17)21(23,24)25/h1-11H,(H3,26,27,28,29,30). The number of carbonyl (C=O) groups is 1. The Kier molecular flexibility index (Phi) is 5.71. The number of H-pyrrole nitrogens is 1. The van der Waals surface area contributed by atoms with Gasteiger partial charge in [-0.2, -0.15) is 18.3 Å². The number of carbonyl (C=O) groups excluding carboxylic acids is 1. The largest absolute Gasteiger partial charge is 0.426 e. The molecule has 0 saturated heterocycles. The van der Waals surface area contributed by atoms with Gasteiger partial charge in [0.2, 0.25) is 0 Å². The van der Waals surface area contributed by atoms with Crippen molar-refractivity contribution in [1.82, 2.24) is 10.2 Å². The lowest BCUT2D eigenvalue weighted by atomic mass is 10.1. The third-order valence-corrected chi connectivity index (χ3v) is 5.73. The molecule has 0 fully saturated rings. The molecule has 0 bridgehead atoms. The molecule has 0 atom stereocenters. The maximum Gasteiger partial charge on any atom is 0.426 e. The fourth-order valence-electron chi connectivity index (χ4n) is 2.89. The van der Waals surface area contributed by atoms with Gasteiger partial charge in [0.1, 0.15) is 4.88 Å². The van der Waals surface area contributed by atoms with Gasteiger partial charge in [0, 0.05) is 22.3 Å². The first-order chi connectivity index (χ1) is 14.8. The number of alkyl halides is 3. The van der Waals surface area contributed by atoms with Crippen LogP contribution < -0.4 is 10.6 Å². The van der Waals surface area contributed by atoms with Crippen LogP contribution in [0.25, 0.3) is 21.7 Å². The molecule has 2 amide bonds. The Hall–Kier alpha value is -3.30. The minimum atomic E-state index is -4.49. The predicted molar refractivity (Wildman–Crippen MR) is 116 cm³/mol. The van der Waals surface area contributed by atoms with Crippen molar-refractivity contribution in [3.8, 4) is 21.7 Å². The summed E-state index contributed by atoms with van der Waals surface area (Å²) in [5, 5.41) is 12.3. The minimum absolute atomic E-state index is 0.0951. The minimum Gasteiger partial charge on any atom is -0.308 e. The van der Waals surface area contributed by atoms with Gasteiger partial charge in [0.15, 0.2) is 5.82 Å². The van der Waals surface area contributed by atoms with Crippen LogP contribution in [0.4, 0.5) is 29.5 Å². The third-order valence-electron chi connectivity index (χ3n) is 4.26. The van der Waals surface area contributed by atoms with E-state index in [-0.39, 0.29) is 11.4 Å². The van der Waals surface area contributed by atoms with Crippen molar-refractivity contribution in [2.45, 2.75) is 6.18 Å². The van der Waals surface area contributed by atoms with E-state index in [4.69, 9.17) is 11.6 Å². The Morgan fingerprint density at radius 3 is 2.39 bits per heavy atom. The zero-order valence-corrected chi connectivity index (χ0v) is 17.2. The number of aromatic amines is 1. The van der Waals surface area contributed by atoms with E-state index in [0.29, 0.717) is 38.2 Å². The molecule has 2 heterocycles. The first-order valence-corrected chi connectivity index (χ1v) is 10.1. The van der Waals surface area contributed by atoms with E-state index >= 15 is 0 Å². The average molecular weight is 463 g/mol. The highest BCUT2D eigenvalue weighted by molar-refractivity contribution is 7.16. The fourth-order valence-corrected chi connectivity index (χ4v) is 4.03. The quantitative estimate of drug-likeness (QED) is 0.302. The normalized spacial score (nSPS) is 11.4. The van der Waals surface area contributed by atoms with Crippen LogP contribution in [-0.2, 0) is 6.18 Å². The lowest BCUT2D eigenvalue weighted by Crippen LogP contribution is -2.19. The number of amides is 2. The summed E-state index contributed by atoms with van der Waals surface area (Å²) in [5.41, 5.74) is 1.45. The van der Waals surface area contributed by atoms with Crippen LogP contribution in [0.1, 0.15) is 4.88 Å². The summed E-state index contributed by atoms with van der Waals surface area (Å²) in [6, 6.07) is 17.3. The summed E-state index contributed by atoms with van der Waals surface area (Å²) >= 11 is 6.42. The number of nitrogens with zero attached hydrogens (tertiary/aromatic N) is 1. The van der Waals surface area contributed by atoms with Crippen molar-refractivity contribution in [3.05, 3.63) is 76.6 Å². The van der Waals surface area contributed by atoms with E-state index in [2.05, 4.69) is 20.8 Å². The molecule has 10 heteroatoms. The second kappa shape index (κ2) is 8.44. The van der Waals surface area contributed by atoms with Gasteiger partial charge in [-0.1, -0.05) is 41.9 Å². The number of anilines is 2. The number of benzene rings is 2. The Bertz CT molecular complexity index is 1200. The molecule has 4 rings (SSSR count). The maximum atomic E-state index is 13.6. The van der Waals surface area contributed by atoms with Gasteiger partial charge in [0.25, 0.3) is 0 Å². The topological polar surface area (TPSA) is 69.8 Å². The fraction of sp³-hybridized carbons (Fsp3) is 0.0476. The number of nitrogens with one attached hydrogen (secondary N) is 3. The number of aromatic nitrogens is 2. The van der Waals surface area contributed by atoms with Gasteiger partial charge < -0.3 is 5.32 Å². The lowest BCUT2D eigenvalue weighted by Gasteiger charge is -2.07. The SMILES string of the molecule is O=C(Nc1ccc(Cl)cc1)Nc1cc(-c2cc(-c3ccccc3)c(C(F)(F)F)s2)[nH]n1. The van der Waals surface area contributed by atoms with Crippen LogP contribution in [0, 0.1) is 0 Å². The molecule has 2 aromatic heterocycles. The molecule has 0 radical (unpaired) electrons. The third kappa shape index (κ3) is 4.89. The summed E-state index contributed by atoms with van der Waals surface area (Å²) < 4.78 is 40.7. The molecule has 0 aliphatic carbocycles. The van der Waals surface area contributed by atoms with Gasteiger partial charge in [-0.05, 0) is 35.9 Å². The second-order valence-corrected chi connectivity index (χ2v) is 7.96. The molecule has 3 N–H and O–H groups in total. The second-order valence-electron chi connectivity index (χ2n) is 6.47. The maximum absolute atomic E-state index is 13.6. The highest BCUT2D eigenvalue weighted by Gasteiger charge is 2.36. The van der Waals surface area contributed by atoms with Crippen LogP contribution in [0.2, 0.25) is 5.02 Å². The van der Waals surface area contributed by atoms with E-state index in [1.165, 1.54) is 12.1 Å². The molecule has 0 aliphatic heterocycles. The van der Waals surface area contributed by atoms with E-state index < -0.39 is 17.1 Å². The van der Waals surface area contributed by atoms with Crippen molar-refractivity contribution in [3.63, 3.8) is 0 Å². The van der Waals surface area contributed by atoms with Crippen LogP contribution in [0.5, 0.6) is 0 Å². The number of hydrogen-bond donors (Lipinski definition) is 3. The van der Waals surface area contributed by atoms with Gasteiger partial charge in [-0.3, -0.25) is 10.4 Å². The van der Waals surface area contributed by atoms with Gasteiger partial charge >= 0.3 is 12.2 Å². The highest BCUT2D eigenvalue weighted by atomic mass is 35.5. The van der Waals surface area contributed by atoms with Crippen molar-refractivity contribution in [2.24, 2.45) is 0 Å². The van der Waals surface area contributed by atoms with Gasteiger partial charge in [0.05, 0.1) is 10.6 Å². The molecular formula is C21H14ClF3N4OS. The molecule has 4 aromatic rings. The summed E-state index contributed by atoms with van der Waals surface area (Å²) in [6.07, 6.45) is -4.49. The van der Waals surface area contributed by atoms with Crippen LogP contribution in [0.15, 0.2) is 66.7 Å². The van der Waals surface area contributed by atoms with Gasteiger partial charge in [-0.15, -0.1) is 11.3 Å². The van der Waals surface area contributed by atoms with Crippen LogP contribution >= 0.6 is 22.9 Å². The Morgan fingerprint density at radius 1 is 1.00 bits per heavy atom. The highest BCUT2D eigenvalue weighted by Crippen LogP contribution is 2.45. The molecule has 158 valence electrons. The summed E-state index contributed by atoms with van der Waals surface area (Å²) in [6.45, 7) is 0. The van der Waals surface area contributed by atoms with E-state index in [1.807, 2.05) is 0 Å². The molecule has 31 heavy (non-hydrogen) atoms. The number of hydrogen-bond acceptors (Lipinski definition) is 3. The molecule has 5 nitrogen and oxygen atoms in total. The smallest absolute Gasteiger partial charge is 0.308 e. The zero-order chi connectivity index (χ0) is 22.0. The Morgan fingerprint density at radius 2 is 1.71 bits per heavy atom. The van der Waals surface area contributed by atoms with Crippen molar-refractivity contribution < 1.29 is 18.0 Å². The van der Waals surface area contributed by atoms with Gasteiger partial charge in [-0.25, -0.2) is 4.79 Å². The molecule has 0 unspecified atom stereocenters. The molecule has 0 aliphatic rings. The number of thiophene rings is 1. The van der Waals surface area contributed by atoms with Crippen LogP contribution in [-0.4, -0.2) is 16.2 Å². The molecular weight excluding hydrogens is 449 g/mol. The van der Waals surface area contributed by atoms with E-state index in [1.54, 1.807) is 54.6 Å². The number of rotatable bonds is 4.